The van der Waals surface area contributed by atoms with E-state index in [1.54, 1.807) is 12.4 Å². The Bertz CT molecular complexity index is 492. The van der Waals surface area contributed by atoms with Crippen molar-refractivity contribution in [2.45, 2.75) is 0 Å². The van der Waals surface area contributed by atoms with Crippen molar-refractivity contribution < 1.29 is 0 Å². The molecule has 0 amide bonds. The fraction of sp³-hybridized carbons (Fsp3) is 0. The zero-order valence-electron chi connectivity index (χ0n) is 7.94. The smallest absolute Gasteiger partial charge is 0.0432 e. The van der Waals surface area contributed by atoms with E-state index in [1.165, 1.54) is 3.57 Å². The van der Waals surface area contributed by atoms with Crippen molar-refractivity contribution in [2.75, 3.05) is 0 Å². The minimum atomic E-state index is 0.941. The first kappa shape index (κ1) is 10.2. The average molecular weight is 305 g/mol. The van der Waals surface area contributed by atoms with E-state index in [1.807, 2.05) is 36.4 Å². The molecule has 0 aliphatic heterocycles. The molecule has 2 rings (SSSR count). The van der Waals surface area contributed by atoms with Crippen LogP contribution in [0.1, 0.15) is 11.1 Å². The molecule has 0 fully saturated rings. The first-order chi connectivity index (χ1) is 7.34. The summed E-state index contributed by atoms with van der Waals surface area (Å²) in [5.74, 6) is 6.16. The number of rotatable bonds is 0. The molecule has 0 saturated heterocycles. The number of hydrogen-bond acceptors (Lipinski definition) is 1. The molecule has 0 bridgehead atoms. The van der Waals surface area contributed by atoms with Gasteiger partial charge in [0.2, 0.25) is 0 Å². The molecule has 0 atom stereocenters. The van der Waals surface area contributed by atoms with Gasteiger partial charge in [-0.25, -0.2) is 0 Å². The fourth-order valence-corrected chi connectivity index (χ4v) is 1.47. The molecule has 1 aromatic heterocycles. The Labute approximate surface area is 103 Å². The minimum Gasteiger partial charge on any atom is -0.263 e. The van der Waals surface area contributed by atoms with Gasteiger partial charge in [0.05, 0.1) is 0 Å². The lowest BCUT2D eigenvalue weighted by Crippen LogP contribution is -1.77. The highest BCUT2D eigenvalue weighted by Crippen LogP contribution is 2.05. The Balaban J connectivity index is 2.22. The summed E-state index contributed by atoms with van der Waals surface area (Å²) < 4.78 is 1.22. The molecule has 72 valence electrons. The van der Waals surface area contributed by atoms with Crippen LogP contribution in [-0.2, 0) is 0 Å². The Morgan fingerprint density at radius 3 is 2.33 bits per heavy atom. The molecule has 15 heavy (non-hydrogen) atoms. The molecule has 1 nitrogen and oxygen atoms in total. The summed E-state index contributed by atoms with van der Waals surface area (Å²) in [4.78, 5) is 4.01. The predicted octanol–water partition coefficient (Wildman–Crippen LogP) is 3.09. The van der Waals surface area contributed by atoms with Crippen molar-refractivity contribution in [3.8, 4) is 11.8 Å². The number of aromatic nitrogens is 1. The normalized spacial score (nSPS) is 9.13. The van der Waals surface area contributed by atoms with E-state index in [0.29, 0.717) is 0 Å². The van der Waals surface area contributed by atoms with Gasteiger partial charge in [-0.15, -0.1) is 0 Å². The van der Waals surface area contributed by atoms with E-state index >= 15 is 0 Å². The summed E-state index contributed by atoms with van der Waals surface area (Å²) in [6.07, 6.45) is 3.51. The van der Waals surface area contributed by atoms with Gasteiger partial charge in [-0.05, 0) is 59.0 Å². The van der Waals surface area contributed by atoms with Crippen LogP contribution in [0.5, 0.6) is 0 Å². The highest BCUT2D eigenvalue weighted by atomic mass is 127. The highest BCUT2D eigenvalue weighted by molar-refractivity contribution is 14.1. The highest BCUT2D eigenvalue weighted by Gasteiger charge is 1.87. The second kappa shape index (κ2) is 4.94. The van der Waals surface area contributed by atoms with Gasteiger partial charge in [0.25, 0.3) is 0 Å². The van der Waals surface area contributed by atoms with Crippen LogP contribution in [0.3, 0.4) is 0 Å². The molecular weight excluding hydrogens is 297 g/mol. The van der Waals surface area contributed by atoms with Gasteiger partial charge < -0.3 is 0 Å². The lowest BCUT2D eigenvalue weighted by molar-refractivity contribution is 1.31. The Hall–Kier alpha value is -1.34. The van der Waals surface area contributed by atoms with Gasteiger partial charge in [0.1, 0.15) is 0 Å². The average Bonchev–Trinajstić information content (AvgIpc) is 2.30. The summed E-state index contributed by atoms with van der Waals surface area (Å²) in [7, 11) is 0. The molecule has 0 saturated carbocycles. The van der Waals surface area contributed by atoms with Crippen LogP contribution >= 0.6 is 22.6 Å². The molecule has 0 aliphatic carbocycles. The van der Waals surface area contributed by atoms with Crippen molar-refractivity contribution in [1.82, 2.24) is 4.98 Å². The van der Waals surface area contributed by atoms with Gasteiger partial charge in [-0.2, -0.15) is 0 Å². The molecule has 2 heteroatoms. The van der Waals surface area contributed by atoms with Gasteiger partial charge in [0, 0.05) is 27.1 Å². The lowest BCUT2D eigenvalue weighted by atomic mass is 10.2. The van der Waals surface area contributed by atoms with Crippen LogP contribution in [0.2, 0.25) is 0 Å². The maximum atomic E-state index is 4.01. The number of benzene rings is 1. The topological polar surface area (TPSA) is 12.9 Å². The van der Waals surface area contributed by atoms with E-state index in [4.69, 9.17) is 0 Å². The first-order valence-electron chi connectivity index (χ1n) is 4.52. The largest absolute Gasteiger partial charge is 0.263 e. The third kappa shape index (κ3) is 3.07. The summed E-state index contributed by atoms with van der Waals surface area (Å²) in [6, 6.07) is 12.0. The maximum absolute atomic E-state index is 4.01. The molecule has 1 aromatic carbocycles. The predicted molar refractivity (Wildman–Crippen MR) is 69.4 cm³/mol. The molecule has 0 radical (unpaired) electrons. The monoisotopic (exact) mass is 305 g/mol. The lowest BCUT2D eigenvalue weighted by Gasteiger charge is -1.90. The van der Waals surface area contributed by atoms with E-state index in [0.717, 1.165) is 11.1 Å². The van der Waals surface area contributed by atoms with Gasteiger partial charge >= 0.3 is 0 Å². The zero-order chi connectivity index (χ0) is 10.5. The van der Waals surface area contributed by atoms with Crippen molar-refractivity contribution in [1.29, 1.82) is 0 Å². The van der Waals surface area contributed by atoms with E-state index in [-0.39, 0.29) is 0 Å². The Kier molecular flexibility index (Phi) is 3.36. The van der Waals surface area contributed by atoms with Crippen molar-refractivity contribution >= 4 is 22.6 Å². The van der Waals surface area contributed by atoms with Gasteiger partial charge in [-0.3, -0.25) is 4.98 Å². The van der Waals surface area contributed by atoms with Gasteiger partial charge in [0.15, 0.2) is 0 Å². The zero-order valence-corrected chi connectivity index (χ0v) is 10.1. The van der Waals surface area contributed by atoms with Crippen molar-refractivity contribution in [3.63, 3.8) is 0 Å². The third-order valence-corrected chi connectivity index (χ3v) is 2.58. The molecule has 2 aromatic rings. The maximum Gasteiger partial charge on any atom is 0.0432 e. The Morgan fingerprint density at radius 1 is 0.933 bits per heavy atom. The van der Waals surface area contributed by atoms with Crippen molar-refractivity contribution in [3.05, 3.63) is 63.5 Å². The van der Waals surface area contributed by atoms with Gasteiger partial charge in [-0.1, -0.05) is 11.8 Å². The molecular formula is C13H8IN. The summed E-state index contributed by atoms with van der Waals surface area (Å²) in [5.41, 5.74) is 1.97. The summed E-state index contributed by atoms with van der Waals surface area (Å²) in [6.45, 7) is 0. The van der Waals surface area contributed by atoms with Crippen LogP contribution in [0.15, 0.2) is 48.8 Å². The number of halogens is 1. The summed E-state index contributed by atoms with van der Waals surface area (Å²) in [5, 5.41) is 0. The number of nitrogens with zero attached hydrogens (tertiary/aromatic N) is 1. The quantitative estimate of drug-likeness (QED) is 0.538. The van der Waals surface area contributed by atoms with E-state index in [2.05, 4.69) is 39.4 Å². The first-order valence-corrected chi connectivity index (χ1v) is 5.60. The third-order valence-electron chi connectivity index (χ3n) is 1.86. The molecule has 0 aliphatic rings. The Morgan fingerprint density at radius 2 is 1.67 bits per heavy atom. The van der Waals surface area contributed by atoms with Crippen molar-refractivity contribution in [2.24, 2.45) is 0 Å². The molecule has 0 unspecified atom stereocenters. The second-order valence-electron chi connectivity index (χ2n) is 3.00. The van der Waals surface area contributed by atoms with E-state index in [9.17, 15) is 0 Å². The number of hydrogen-bond donors (Lipinski definition) is 0. The van der Waals surface area contributed by atoms with Crippen LogP contribution in [-0.4, -0.2) is 4.98 Å². The van der Waals surface area contributed by atoms with Crippen LogP contribution < -0.4 is 0 Å². The standard InChI is InChI=1S/C13H8IN/c14-13-7-5-11(6-8-13)3-4-12-2-1-9-15-10-12/h1-2,5-10H. The molecule has 0 N–H and O–H groups in total. The van der Waals surface area contributed by atoms with Crippen LogP contribution in [0, 0.1) is 15.4 Å². The van der Waals surface area contributed by atoms with E-state index < -0.39 is 0 Å². The van der Waals surface area contributed by atoms with Crippen LogP contribution in [0.4, 0.5) is 0 Å². The molecule has 1 heterocycles. The fourth-order valence-electron chi connectivity index (χ4n) is 1.11. The molecule has 0 spiro atoms. The number of pyridine rings is 1. The minimum absolute atomic E-state index is 0.941. The SMILES string of the molecule is Ic1ccc(C#Cc2cccnc2)cc1. The van der Waals surface area contributed by atoms with Crippen LogP contribution in [0.25, 0.3) is 0 Å². The second-order valence-corrected chi connectivity index (χ2v) is 4.24. The summed E-state index contributed by atoms with van der Waals surface area (Å²) >= 11 is 2.28.